The van der Waals surface area contributed by atoms with E-state index in [1.807, 2.05) is 0 Å². The number of aliphatic hydroxyl groups is 1. The number of nitrogens with zero attached hydrogens (tertiary/aromatic N) is 5. The maximum absolute atomic E-state index is 10.6. The van der Waals surface area contributed by atoms with Crippen LogP contribution in [0.2, 0.25) is 0 Å². The minimum absolute atomic E-state index is 0.252. The molecule has 0 aliphatic rings. The first-order valence-electron chi connectivity index (χ1n) is 4.74. The van der Waals surface area contributed by atoms with Crippen molar-refractivity contribution in [2.75, 3.05) is 0 Å². The number of carbonyl (C=O) groups is 1. The molecule has 2 aromatic heterocycles. The smallest absolute Gasteiger partial charge is 0.375 e. The molecule has 0 amide bonds. The molecule has 88 valence electrons. The predicted octanol–water partition coefficient (Wildman–Crippen LogP) is -0.191. The van der Waals surface area contributed by atoms with Crippen molar-refractivity contribution in [3.63, 3.8) is 0 Å². The molecular weight excluding hydrogens is 226 g/mol. The fourth-order valence-corrected chi connectivity index (χ4v) is 1.28. The van der Waals surface area contributed by atoms with Crippen molar-refractivity contribution in [2.24, 2.45) is 0 Å². The van der Waals surface area contributed by atoms with Gasteiger partial charge in [-0.1, -0.05) is 0 Å². The van der Waals surface area contributed by atoms with Crippen LogP contribution in [0.1, 0.15) is 29.3 Å². The molecule has 0 bridgehead atoms. The highest BCUT2D eigenvalue weighted by atomic mass is 16.4. The van der Waals surface area contributed by atoms with E-state index in [1.54, 1.807) is 0 Å². The summed E-state index contributed by atoms with van der Waals surface area (Å²) in [6.07, 6.45) is 3.22. The van der Waals surface area contributed by atoms with Gasteiger partial charge in [0.2, 0.25) is 0 Å². The number of aromatic carboxylic acids is 1. The van der Waals surface area contributed by atoms with Gasteiger partial charge in [-0.25, -0.2) is 14.8 Å². The summed E-state index contributed by atoms with van der Waals surface area (Å²) in [5.74, 6) is -1.32. The van der Waals surface area contributed by atoms with E-state index in [0.717, 1.165) is 0 Å². The summed E-state index contributed by atoms with van der Waals surface area (Å²) in [6.45, 7) is 1.53. The van der Waals surface area contributed by atoms with Crippen LogP contribution < -0.4 is 0 Å². The Kier molecular flexibility index (Phi) is 2.79. The zero-order valence-corrected chi connectivity index (χ0v) is 8.85. The van der Waals surface area contributed by atoms with Crippen LogP contribution in [-0.4, -0.2) is 40.9 Å². The van der Waals surface area contributed by atoms with Crippen LogP contribution in [0.4, 0.5) is 0 Å². The minimum atomic E-state index is -1.23. The topological polar surface area (TPSA) is 114 Å². The molecule has 0 aliphatic carbocycles. The number of carboxylic acids is 1. The van der Waals surface area contributed by atoms with E-state index in [4.69, 9.17) is 5.11 Å². The van der Waals surface area contributed by atoms with Gasteiger partial charge in [-0.05, 0) is 6.92 Å². The van der Waals surface area contributed by atoms with Crippen molar-refractivity contribution in [3.8, 4) is 5.82 Å². The molecule has 0 fully saturated rings. The molecular formula is C9H9N5O3. The van der Waals surface area contributed by atoms with Gasteiger partial charge in [-0.15, -0.1) is 5.10 Å². The molecule has 2 heterocycles. The monoisotopic (exact) mass is 235 g/mol. The van der Waals surface area contributed by atoms with Crippen molar-refractivity contribution in [2.45, 2.75) is 13.0 Å². The second-order valence-corrected chi connectivity index (χ2v) is 3.26. The Morgan fingerprint density at radius 2 is 2.06 bits per heavy atom. The van der Waals surface area contributed by atoms with E-state index >= 15 is 0 Å². The van der Waals surface area contributed by atoms with Crippen LogP contribution in [0.25, 0.3) is 5.82 Å². The fraction of sp³-hybridized carbons (Fsp3) is 0.222. The Hall–Kier alpha value is -2.35. The van der Waals surface area contributed by atoms with Crippen LogP contribution >= 0.6 is 0 Å². The van der Waals surface area contributed by atoms with E-state index in [-0.39, 0.29) is 11.6 Å². The molecule has 17 heavy (non-hydrogen) atoms. The number of rotatable bonds is 3. The lowest BCUT2D eigenvalue weighted by Gasteiger charge is -2.07. The molecule has 8 heteroatoms. The Labute approximate surface area is 95.6 Å². The van der Waals surface area contributed by atoms with Gasteiger partial charge in [0.15, 0.2) is 5.82 Å². The molecule has 0 aromatic carbocycles. The first-order valence-corrected chi connectivity index (χ1v) is 4.74. The lowest BCUT2D eigenvalue weighted by Crippen LogP contribution is -2.09. The number of aliphatic hydroxyl groups excluding tert-OH is 1. The van der Waals surface area contributed by atoms with Gasteiger partial charge in [0.25, 0.3) is 5.82 Å². The summed E-state index contributed by atoms with van der Waals surface area (Å²) < 4.78 is 1.17. The van der Waals surface area contributed by atoms with E-state index in [0.29, 0.717) is 5.69 Å². The summed E-state index contributed by atoms with van der Waals surface area (Å²) in [5.41, 5.74) is 0.300. The van der Waals surface area contributed by atoms with Crippen LogP contribution in [-0.2, 0) is 0 Å². The van der Waals surface area contributed by atoms with Gasteiger partial charge in [0.05, 0.1) is 6.10 Å². The van der Waals surface area contributed by atoms with Gasteiger partial charge < -0.3 is 10.2 Å². The third-order valence-electron chi connectivity index (χ3n) is 2.00. The molecule has 0 saturated carbocycles. The second kappa shape index (κ2) is 4.26. The van der Waals surface area contributed by atoms with Gasteiger partial charge in [-0.3, -0.25) is 4.98 Å². The highest BCUT2D eigenvalue weighted by Crippen LogP contribution is 2.15. The van der Waals surface area contributed by atoms with E-state index < -0.39 is 12.1 Å². The first-order chi connectivity index (χ1) is 8.09. The summed E-state index contributed by atoms with van der Waals surface area (Å²) in [5, 5.41) is 21.9. The second-order valence-electron chi connectivity index (χ2n) is 3.26. The summed E-state index contributed by atoms with van der Waals surface area (Å²) in [6, 6.07) is 0. The van der Waals surface area contributed by atoms with Gasteiger partial charge in [0.1, 0.15) is 12.0 Å². The van der Waals surface area contributed by atoms with Crippen molar-refractivity contribution in [1.29, 1.82) is 0 Å². The van der Waals surface area contributed by atoms with Crippen LogP contribution in [0.5, 0.6) is 0 Å². The number of carboxylic acid groups (broad SMARTS) is 1. The van der Waals surface area contributed by atoms with E-state index in [1.165, 1.54) is 30.3 Å². The van der Waals surface area contributed by atoms with E-state index in [2.05, 4.69) is 20.1 Å². The van der Waals surface area contributed by atoms with Crippen LogP contribution in [0.15, 0.2) is 18.7 Å². The lowest BCUT2D eigenvalue weighted by atomic mass is 10.3. The molecule has 1 atom stereocenters. The van der Waals surface area contributed by atoms with Crippen LogP contribution in [0.3, 0.4) is 0 Å². The van der Waals surface area contributed by atoms with Gasteiger partial charge in [0, 0.05) is 12.4 Å². The quantitative estimate of drug-likeness (QED) is 0.757. The molecule has 8 nitrogen and oxygen atoms in total. The summed E-state index contributed by atoms with van der Waals surface area (Å²) in [7, 11) is 0. The molecule has 0 radical (unpaired) electrons. The van der Waals surface area contributed by atoms with Gasteiger partial charge in [-0.2, -0.15) is 4.68 Å². The largest absolute Gasteiger partial charge is 0.475 e. The highest BCUT2D eigenvalue weighted by Gasteiger charge is 2.16. The molecule has 2 rings (SSSR count). The first kappa shape index (κ1) is 11.1. The normalized spacial score (nSPS) is 12.4. The summed E-state index contributed by atoms with van der Waals surface area (Å²) in [4.78, 5) is 22.2. The zero-order chi connectivity index (χ0) is 12.4. The van der Waals surface area contributed by atoms with Crippen LogP contribution in [0, 0.1) is 0 Å². The summed E-state index contributed by atoms with van der Waals surface area (Å²) >= 11 is 0. The number of hydrogen-bond acceptors (Lipinski definition) is 6. The molecule has 1 unspecified atom stereocenters. The molecule has 0 aliphatic heterocycles. The fourth-order valence-electron chi connectivity index (χ4n) is 1.28. The molecule has 0 spiro atoms. The van der Waals surface area contributed by atoms with Crippen molar-refractivity contribution in [1.82, 2.24) is 24.7 Å². The third kappa shape index (κ3) is 2.11. The van der Waals surface area contributed by atoms with Gasteiger partial charge >= 0.3 is 5.97 Å². The lowest BCUT2D eigenvalue weighted by molar-refractivity contribution is 0.0683. The zero-order valence-electron chi connectivity index (χ0n) is 8.85. The minimum Gasteiger partial charge on any atom is -0.475 e. The molecule has 0 saturated heterocycles. The maximum atomic E-state index is 10.6. The van der Waals surface area contributed by atoms with Crippen molar-refractivity contribution >= 4 is 5.97 Å². The van der Waals surface area contributed by atoms with Crippen molar-refractivity contribution < 1.29 is 15.0 Å². The highest BCUT2D eigenvalue weighted by molar-refractivity contribution is 5.82. The number of aromatic nitrogens is 5. The molecule has 2 N–H and O–H groups in total. The maximum Gasteiger partial charge on any atom is 0.375 e. The standard InChI is InChI=1S/C9H9N5O3/c1-5(15)6-8(11-3-2-10-6)14-4-12-7(13-14)9(16)17/h2-5,15H,1H3,(H,16,17). The average molecular weight is 235 g/mol. The predicted molar refractivity (Wildman–Crippen MR) is 54.5 cm³/mol. The Morgan fingerprint density at radius 1 is 1.35 bits per heavy atom. The Morgan fingerprint density at radius 3 is 2.65 bits per heavy atom. The number of hydrogen-bond donors (Lipinski definition) is 2. The Bertz CT molecular complexity index is 551. The Balaban J connectivity index is 2.48. The average Bonchev–Trinajstić information content (AvgIpc) is 2.78. The SMILES string of the molecule is CC(O)c1nccnc1-n1cnc(C(=O)O)n1. The third-order valence-corrected chi connectivity index (χ3v) is 2.00. The van der Waals surface area contributed by atoms with E-state index in [9.17, 15) is 9.90 Å². The molecule has 2 aromatic rings. The van der Waals surface area contributed by atoms with Crippen molar-refractivity contribution in [3.05, 3.63) is 30.2 Å².